The summed E-state index contributed by atoms with van der Waals surface area (Å²) in [6.07, 6.45) is 13.1. The molecule has 4 nitrogen and oxygen atoms in total. The first-order chi connectivity index (χ1) is 10.4. The highest BCUT2D eigenvalue weighted by molar-refractivity contribution is 5.02. The largest absolute Gasteiger partial charge is 0.307 e. The molecule has 0 bridgehead atoms. The summed E-state index contributed by atoms with van der Waals surface area (Å²) in [6, 6.07) is 4.34. The van der Waals surface area contributed by atoms with Crippen molar-refractivity contribution in [2.75, 3.05) is 13.1 Å². The van der Waals surface area contributed by atoms with Crippen molar-refractivity contribution in [3.63, 3.8) is 0 Å². The fraction of sp³-hybridized carbons (Fsp3) is 0.824. The Kier molecular flexibility index (Phi) is 3.99. The van der Waals surface area contributed by atoms with Crippen molar-refractivity contribution in [2.24, 2.45) is 0 Å². The number of aromatic nitrogens is 2. The van der Waals surface area contributed by atoms with Crippen LogP contribution in [0.15, 0.2) is 12.3 Å². The van der Waals surface area contributed by atoms with Crippen LogP contribution in [0, 0.1) is 0 Å². The van der Waals surface area contributed by atoms with Gasteiger partial charge in [0.25, 0.3) is 0 Å². The lowest BCUT2D eigenvalue weighted by Crippen LogP contribution is -2.44. The molecular formula is C17H28N4. The zero-order chi connectivity index (χ0) is 14.1. The molecule has 116 valence electrons. The Bertz CT molecular complexity index is 463. The van der Waals surface area contributed by atoms with E-state index in [0.717, 1.165) is 12.6 Å². The van der Waals surface area contributed by atoms with Gasteiger partial charge in [-0.3, -0.25) is 9.58 Å². The van der Waals surface area contributed by atoms with E-state index in [1.165, 1.54) is 70.2 Å². The van der Waals surface area contributed by atoms with E-state index in [-0.39, 0.29) is 0 Å². The number of fused-ring (bicyclic) bond motifs is 1. The van der Waals surface area contributed by atoms with Crippen molar-refractivity contribution >= 4 is 0 Å². The van der Waals surface area contributed by atoms with Crippen LogP contribution in [0.1, 0.15) is 63.1 Å². The molecule has 4 heteroatoms. The SMILES string of the molecule is c1cn(C2CCCC2)nc1CNC1CCN2CCCCC12. The standard InChI is InChI=1S/C17H28N4/c1-2-6-15(5-1)21-12-8-14(19-21)13-18-16-9-11-20-10-4-3-7-17(16)20/h8,12,15-18H,1-7,9-11,13H2. The van der Waals surface area contributed by atoms with Crippen molar-refractivity contribution in [3.8, 4) is 0 Å². The van der Waals surface area contributed by atoms with Gasteiger partial charge < -0.3 is 5.32 Å². The maximum atomic E-state index is 4.80. The fourth-order valence-electron chi connectivity index (χ4n) is 4.56. The molecule has 3 heterocycles. The zero-order valence-electron chi connectivity index (χ0n) is 13.0. The van der Waals surface area contributed by atoms with Crippen LogP contribution in [0.5, 0.6) is 0 Å². The molecule has 3 fully saturated rings. The summed E-state index contributed by atoms with van der Waals surface area (Å²) in [5.41, 5.74) is 1.22. The molecule has 0 aromatic carbocycles. The second kappa shape index (κ2) is 6.09. The average molecular weight is 288 g/mol. The summed E-state index contributed by atoms with van der Waals surface area (Å²) in [5.74, 6) is 0. The third kappa shape index (κ3) is 2.88. The predicted molar refractivity (Wildman–Crippen MR) is 84.2 cm³/mol. The highest BCUT2D eigenvalue weighted by Gasteiger charge is 2.35. The molecule has 1 aromatic heterocycles. The van der Waals surface area contributed by atoms with Crippen molar-refractivity contribution in [2.45, 2.75) is 76.0 Å². The van der Waals surface area contributed by atoms with Crippen LogP contribution >= 0.6 is 0 Å². The van der Waals surface area contributed by atoms with Crippen molar-refractivity contribution < 1.29 is 0 Å². The molecule has 1 N–H and O–H groups in total. The Morgan fingerprint density at radius 1 is 1.05 bits per heavy atom. The maximum Gasteiger partial charge on any atom is 0.0762 e. The zero-order valence-corrected chi connectivity index (χ0v) is 13.0. The number of piperidine rings is 1. The van der Waals surface area contributed by atoms with Crippen LogP contribution in [-0.4, -0.2) is 39.9 Å². The minimum absolute atomic E-state index is 0.666. The Labute approximate surface area is 127 Å². The van der Waals surface area contributed by atoms with Gasteiger partial charge in [0, 0.05) is 31.4 Å². The van der Waals surface area contributed by atoms with Crippen LogP contribution in [0.25, 0.3) is 0 Å². The number of hydrogen-bond donors (Lipinski definition) is 1. The van der Waals surface area contributed by atoms with Gasteiger partial charge in [-0.2, -0.15) is 5.10 Å². The van der Waals surface area contributed by atoms with Crippen LogP contribution in [0.2, 0.25) is 0 Å². The van der Waals surface area contributed by atoms with Crippen molar-refractivity contribution in [1.82, 2.24) is 20.0 Å². The predicted octanol–water partition coefficient (Wildman–Crippen LogP) is 2.71. The van der Waals surface area contributed by atoms with E-state index in [0.29, 0.717) is 12.1 Å². The molecule has 2 aliphatic heterocycles. The van der Waals surface area contributed by atoms with Crippen LogP contribution < -0.4 is 5.32 Å². The minimum atomic E-state index is 0.666. The highest BCUT2D eigenvalue weighted by Crippen LogP contribution is 2.29. The molecular weight excluding hydrogens is 260 g/mol. The molecule has 1 aliphatic carbocycles. The summed E-state index contributed by atoms with van der Waals surface area (Å²) in [5, 5.41) is 8.58. The maximum absolute atomic E-state index is 4.80. The Hall–Kier alpha value is -0.870. The lowest BCUT2D eigenvalue weighted by molar-refractivity contribution is 0.180. The molecule has 4 rings (SSSR count). The second-order valence-corrected chi connectivity index (χ2v) is 7.10. The van der Waals surface area contributed by atoms with Gasteiger partial charge in [-0.15, -0.1) is 0 Å². The van der Waals surface area contributed by atoms with Gasteiger partial charge in [-0.1, -0.05) is 19.3 Å². The molecule has 2 unspecified atom stereocenters. The summed E-state index contributed by atoms with van der Waals surface area (Å²) in [6.45, 7) is 3.55. The molecule has 1 aromatic rings. The van der Waals surface area contributed by atoms with Gasteiger partial charge in [0.2, 0.25) is 0 Å². The molecule has 3 aliphatic rings. The molecule has 0 spiro atoms. The van der Waals surface area contributed by atoms with Gasteiger partial charge in [0.15, 0.2) is 0 Å². The Balaban J connectivity index is 1.32. The topological polar surface area (TPSA) is 33.1 Å². The lowest BCUT2D eigenvalue weighted by Gasteiger charge is -2.32. The van der Waals surface area contributed by atoms with Gasteiger partial charge in [0.05, 0.1) is 11.7 Å². The van der Waals surface area contributed by atoms with Gasteiger partial charge >= 0.3 is 0 Å². The summed E-state index contributed by atoms with van der Waals surface area (Å²) >= 11 is 0. The van der Waals surface area contributed by atoms with E-state index in [1.807, 2.05) is 0 Å². The van der Waals surface area contributed by atoms with E-state index in [9.17, 15) is 0 Å². The number of nitrogens with zero attached hydrogens (tertiary/aromatic N) is 3. The van der Waals surface area contributed by atoms with Gasteiger partial charge in [-0.25, -0.2) is 0 Å². The van der Waals surface area contributed by atoms with E-state index in [4.69, 9.17) is 5.10 Å². The summed E-state index contributed by atoms with van der Waals surface area (Å²) < 4.78 is 2.21. The Morgan fingerprint density at radius 2 is 1.90 bits per heavy atom. The van der Waals surface area contributed by atoms with Crippen LogP contribution in [0.3, 0.4) is 0 Å². The van der Waals surface area contributed by atoms with E-state index in [1.54, 1.807) is 0 Å². The molecule has 0 amide bonds. The van der Waals surface area contributed by atoms with Crippen LogP contribution in [0.4, 0.5) is 0 Å². The van der Waals surface area contributed by atoms with Gasteiger partial charge in [0.1, 0.15) is 0 Å². The number of nitrogens with one attached hydrogen (secondary N) is 1. The van der Waals surface area contributed by atoms with E-state index >= 15 is 0 Å². The summed E-state index contributed by atoms with van der Waals surface area (Å²) in [4.78, 5) is 2.69. The first-order valence-corrected chi connectivity index (χ1v) is 8.91. The normalized spacial score (nSPS) is 30.9. The van der Waals surface area contributed by atoms with Crippen LogP contribution in [-0.2, 0) is 6.54 Å². The third-order valence-corrected chi connectivity index (χ3v) is 5.76. The van der Waals surface area contributed by atoms with Crippen molar-refractivity contribution in [3.05, 3.63) is 18.0 Å². The molecule has 1 saturated carbocycles. The van der Waals surface area contributed by atoms with E-state index < -0.39 is 0 Å². The summed E-state index contributed by atoms with van der Waals surface area (Å²) in [7, 11) is 0. The monoisotopic (exact) mass is 288 g/mol. The van der Waals surface area contributed by atoms with Crippen molar-refractivity contribution in [1.29, 1.82) is 0 Å². The average Bonchev–Trinajstić information content (AvgIpc) is 3.25. The lowest BCUT2D eigenvalue weighted by atomic mass is 9.99. The first kappa shape index (κ1) is 13.8. The van der Waals surface area contributed by atoms with Gasteiger partial charge in [-0.05, 0) is 44.7 Å². The second-order valence-electron chi connectivity index (χ2n) is 7.10. The smallest absolute Gasteiger partial charge is 0.0762 e. The number of rotatable bonds is 4. The molecule has 2 saturated heterocycles. The quantitative estimate of drug-likeness (QED) is 0.925. The molecule has 21 heavy (non-hydrogen) atoms. The first-order valence-electron chi connectivity index (χ1n) is 8.91. The van der Waals surface area contributed by atoms with E-state index in [2.05, 4.69) is 27.2 Å². The fourth-order valence-corrected chi connectivity index (χ4v) is 4.56. The highest BCUT2D eigenvalue weighted by atomic mass is 15.3. The molecule has 0 radical (unpaired) electrons. The molecule has 2 atom stereocenters. The Morgan fingerprint density at radius 3 is 2.81 bits per heavy atom. The third-order valence-electron chi connectivity index (χ3n) is 5.76. The minimum Gasteiger partial charge on any atom is -0.307 e. The number of hydrogen-bond acceptors (Lipinski definition) is 3.